The van der Waals surface area contributed by atoms with Gasteiger partial charge in [-0.05, 0) is 54.6 Å². The van der Waals surface area contributed by atoms with Gasteiger partial charge in [0.15, 0.2) is 0 Å². The summed E-state index contributed by atoms with van der Waals surface area (Å²) in [6.45, 7) is -0.614. The Morgan fingerprint density at radius 1 is 1.12 bits per heavy atom. The smallest absolute Gasteiger partial charge is 0.264 e. The lowest BCUT2D eigenvalue weighted by Crippen LogP contribution is -2.39. The number of amides is 1. The fraction of sp³-hybridized carbons (Fsp3) is 0.0909. The highest BCUT2D eigenvalue weighted by atomic mass is 35.5. The van der Waals surface area contributed by atoms with E-state index in [9.17, 15) is 17.6 Å². The number of rotatable bonds is 8. The maximum Gasteiger partial charge on any atom is 0.264 e. The number of methoxy groups -OCH3 is 1. The van der Waals surface area contributed by atoms with Gasteiger partial charge in [0.1, 0.15) is 18.1 Å². The van der Waals surface area contributed by atoms with E-state index in [1.54, 1.807) is 12.1 Å². The lowest BCUT2D eigenvalue weighted by atomic mass is 10.2. The Labute approximate surface area is 200 Å². The summed E-state index contributed by atoms with van der Waals surface area (Å²) in [6.07, 6.45) is 1.04. The molecular formula is C22H18Cl2FN3O4S. The zero-order chi connectivity index (χ0) is 24.0. The standard InChI is InChI=1S/C22H18Cl2FN3O4S/c1-32-17-8-10-18(11-9-17)33(30,31)28(16-5-2-4-15(23)12-16)14-22(29)27-26-13-19-20(24)6-3-7-21(19)25/h2-13H,14H2,1H3,(H,27,29)/b26-13-. The normalized spacial score (nSPS) is 11.4. The van der Waals surface area contributed by atoms with Crippen LogP contribution in [0.15, 0.2) is 76.7 Å². The minimum absolute atomic E-state index is 0.0166. The number of halogens is 3. The summed E-state index contributed by atoms with van der Waals surface area (Å²) in [5.41, 5.74) is 2.35. The van der Waals surface area contributed by atoms with Gasteiger partial charge >= 0.3 is 0 Å². The minimum atomic E-state index is -4.16. The van der Waals surface area contributed by atoms with Crippen LogP contribution in [0, 0.1) is 5.82 Å². The molecule has 0 saturated carbocycles. The van der Waals surface area contributed by atoms with Crippen LogP contribution in [0.3, 0.4) is 0 Å². The number of hydrogen-bond donors (Lipinski definition) is 1. The summed E-state index contributed by atoms with van der Waals surface area (Å²) >= 11 is 12.0. The molecule has 3 rings (SSSR count). The summed E-state index contributed by atoms with van der Waals surface area (Å²) in [7, 11) is -2.70. The Hall–Kier alpha value is -3.14. The first-order valence-corrected chi connectivity index (χ1v) is 11.6. The van der Waals surface area contributed by atoms with Crippen molar-refractivity contribution in [1.82, 2.24) is 5.43 Å². The zero-order valence-electron chi connectivity index (χ0n) is 17.2. The third kappa shape index (κ3) is 6.01. The summed E-state index contributed by atoms with van der Waals surface area (Å²) in [5, 5.41) is 4.09. The molecule has 3 aromatic rings. The summed E-state index contributed by atoms with van der Waals surface area (Å²) in [5.74, 6) is -0.916. The maximum atomic E-state index is 13.8. The molecule has 7 nitrogen and oxygen atoms in total. The Balaban J connectivity index is 1.87. The van der Waals surface area contributed by atoms with Crippen LogP contribution in [0.5, 0.6) is 5.75 Å². The van der Waals surface area contributed by atoms with Crippen molar-refractivity contribution in [3.8, 4) is 5.75 Å². The van der Waals surface area contributed by atoms with E-state index < -0.39 is 28.3 Å². The van der Waals surface area contributed by atoms with Crippen LogP contribution in [0.1, 0.15) is 5.56 Å². The Morgan fingerprint density at radius 2 is 1.82 bits per heavy atom. The second-order valence-corrected chi connectivity index (χ2v) is 9.30. The van der Waals surface area contributed by atoms with Crippen LogP contribution >= 0.6 is 23.2 Å². The van der Waals surface area contributed by atoms with Crippen molar-refractivity contribution in [3.05, 3.63) is 88.2 Å². The molecule has 0 aliphatic heterocycles. The second-order valence-electron chi connectivity index (χ2n) is 6.60. The Morgan fingerprint density at radius 3 is 2.45 bits per heavy atom. The number of hydrazone groups is 1. The molecule has 11 heteroatoms. The average molecular weight is 510 g/mol. The average Bonchev–Trinajstić information content (AvgIpc) is 2.79. The third-order valence-corrected chi connectivity index (χ3v) is 6.77. The van der Waals surface area contributed by atoms with Crippen LogP contribution in [0.25, 0.3) is 0 Å². The Kier molecular flexibility index (Phi) is 7.91. The summed E-state index contributed by atoms with van der Waals surface area (Å²) in [6, 6.07) is 15.9. The largest absolute Gasteiger partial charge is 0.497 e. The van der Waals surface area contributed by atoms with Crippen LogP contribution in [-0.2, 0) is 14.8 Å². The lowest BCUT2D eigenvalue weighted by Gasteiger charge is -2.24. The molecule has 0 aliphatic carbocycles. The number of carbonyl (C=O) groups excluding carboxylic acids is 1. The molecular weight excluding hydrogens is 492 g/mol. The minimum Gasteiger partial charge on any atom is -0.497 e. The van der Waals surface area contributed by atoms with Gasteiger partial charge < -0.3 is 4.74 Å². The van der Waals surface area contributed by atoms with E-state index in [2.05, 4.69) is 10.5 Å². The molecule has 0 radical (unpaired) electrons. The summed E-state index contributed by atoms with van der Waals surface area (Å²) < 4.78 is 46.4. The zero-order valence-corrected chi connectivity index (χ0v) is 19.5. The molecule has 1 N–H and O–H groups in total. The van der Waals surface area contributed by atoms with Gasteiger partial charge in [-0.15, -0.1) is 0 Å². The first-order valence-electron chi connectivity index (χ1n) is 9.40. The van der Waals surface area contributed by atoms with E-state index in [0.29, 0.717) is 5.75 Å². The van der Waals surface area contributed by atoms with Crippen molar-refractivity contribution in [2.24, 2.45) is 5.10 Å². The number of ether oxygens (including phenoxy) is 1. The molecule has 0 fully saturated rings. The molecule has 0 bridgehead atoms. The topological polar surface area (TPSA) is 88.1 Å². The van der Waals surface area contributed by atoms with E-state index in [0.717, 1.165) is 10.5 Å². The molecule has 0 unspecified atom stereocenters. The van der Waals surface area contributed by atoms with E-state index in [-0.39, 0.29) is 26.2 Å². The number of nitrogens with zero attached hydrogens (tertiary/aromatic N) is 2. The van der Waals surface area contributed by atoms with Crippen molar-refractivity contribution in [1.29, 1.82) is 0 Å². The van der Waals surface area contributed by atoms with Crippen LogP contribution in [0.4, 0.5) is 10.1 Å². The molecule has 0 atom stereocenters. The SMILES string of the molecule is COc1ccc(S(=O)(=O)N(CC(=O)N/N=C\c2c(F)cccc2Cl)c2cccc(Cl)c2)cc1. The van der Waals surface area contributed by atoms with Gasteiger partial charge in [-0.3, -0.25) is 9.10 Å². The molecule has 1 amide bonds. The molecule has 172 valence electrons. The predicted molar refractivity (Wildman–Crippen MR) is 126 cm³/mol. The third-order valence-electron chi connectivity index (χ3n) is 4.41. The van der Waals surface area contributed by atoms with Gasteiger partial charge in [0.05, 0.1) is 28.9 Å². The fourth-order valence-corrected chi connectivity index (χ4v) is 4.60. The molecule has 0 aromatic heterocycles. The summed E-state index contributed by atoms with van der Waals surface area (Å²) in [4.78, 5) is 12.5. The number of anilines is 1. The Bertz CT molecular complexity index is 1260. The number of carbonyl (C=O) groups is 1. The molecule has 3 aromatic carbocycles. The fourth-order valence-electron chi connectivity index (χ4n) is 2.79. The number of benzene rings is 3. The van der Waals surface area contributed by atoms with Gasteiger partial charge in [-0.2, -0.15) is 5.10 Å². The highest BCUT2D eigenvalue weighted by Gasteiger charge is 2.27. The van der Waals surface area contributed by atoms with Crippen molar-refractivity contribution in [3.63, 3.8) is 0 Å². The number of sulfonamides is 1. The van der Waals surface area contributed by atoms with Crippen LogP contribution in [-0.4, -0.2) is 34.2 Å². The lowest BCUT2D eigenvalue weighted by molar-refractivity contribution is -0.119. The highest BCUT2D eigenvalue weighted by Crippen LogP contribution is 2.27. The van der Waals surface area contributed by atoms with Crippen molar-refractivity contribution >= 4 is 51.0 Å². The van der Waals surface area contributed by atoms with Gasteiger partial charge in [0.2, 0.25) is 0 Å². The maximum absolute atomic E-state index is 13.8. The van der Waals surface area contributed by atoms with Gasteiger partial charge in [0, 0.05) is 10.6 Å². The number of nitrogens with one attached hydrogen (secondary N) is 1. The van der Waals surface area contributed by atoms with Crippen molar-refractivity contribution in [2.45, 2.75) is 4.90 Å². The van der Waals surface area contributed by atoms with Crippen LogP contribution < -0.4 is 14.5 Å². The molecule has 0 saturated heterocycles. The van der Waals surface area contributed by atoms with E-state index in [1.807, 2.05) is 0 Å². The number of hydrogen-bond acceptors (Lipinski definition) is 5. The van der Waals surface area contributed by atoms with Gasteiger partial charge in [-0.1, -0.05) is 35.3 Å². The van der Waals surface area contributed by atoms with Crippen molar-refractivity contribution in [2.75, 3.05) is 18.0 Å². The molecule has 0 heterocycles. The van der Waals surface area contributed by atoms with E-state index >= 15 is 0 Å². The van der Waals surface area contributed by atoms with Crippen molar-refractivity contribution < 1.29 is 22.3 Å². The second kappa shape index (κ2) is 10.7. The van der Waals surface area contributed by atoms with Crippen LogP contribution in [0.2, 0.25) is 10.0 Å². The van der Waals surface area contributed by atoms with E-state index in [1.165, 1.54) is 61.7 Å². The first-order chi connectivity index (χ1) is 15.7. The first kappa shape index (κ1) is 24.5. The molecule has 0 aliphatic rings. The molecule has 33 heavy (non-hydrogen) atoms. The monoisotopic (exact) mass is 509 g/mol. The molecule has 0 spiro atoms. The van der Waals surface area contributed by atoms with E-state index in [4.69, 9.17) is 27.9 Å². The quantitative estimate of drug-likeness (QED) is 0.358. The van der Waals surface area contributed by atoms with Gasteiger partial charge in [0.25, 0.3) is 15.9 Å². The highest BCUT2D eigenvalue weighted by molar-refractivity contribution is 7.92. The van der Waals surface area contributed by atoms with Gasteiger partial charge in [-0.25, -0.2) is 18.2 Å². The predicted octanol–water partition coefficient (Wildman–Crippen LogP) is 4.49.